The third-order valence-corrected chi connectivity index (χ3v) is 7.96. The van der Waals surface area contributed by atoms with Gasteiger partial charge in [-0.2, -0.15) is 0 Å². The van der Waals surface area contributed by atoms with Gasteiger partial charge in [0.05, 0.1) is 10.2 Å². The van der Waals surface area contributed by atoms with Crippen molar-refractivity contribution in [1.82, 2.24) is 9.88 Å². The minimum absolute atomic E-state index is 0.0404. The molecular weight excluding hydrogens is 476 g/mol. The zero-order valence-electron chi connectivity index (χ0n) is 20.1. The van der Waals surface area contributed by atoms with Gasteiger partial charge in [0.25, 0.3) is 0 Å². The number of anilines is 1. The molecule has 1 aromatic heterocycles. The molecule has 7 heteroatoms. The highest BCUT2D eigenvalue weighted by Crippen LogP contribution is 2.31. The number of rotatable bonds is 8. The zero-order chi connectivity index (χ0) is 24.9. The topological polar surface area (TPSA) is 36.4 Å². The Morgan fingerprint density at radius 3 is 2.06 bits per heavy atom. The molecule has 2 heterocycles. The van der Waals surface area contributed by atoms with Gasteiger partial charge in [0.2, 0.25) is 5.91 Å². The van der Waals surface area contributed by atoms with Gasteiger partial charge in [-0.25, -0.2) is 13.8 Å². The highest BCUT2D eigenvalue weighted by molar-refractivity contribution is 7.22. The number of unbranched alkanes of at least 4 members (excludes halogenated alkanes) is 1. The summed E-state index contributed by atoms with van der Waals surface area (Å²) in [5.41, 5.74) is 3.02. The lowest BCUT2D eigenvalue weighted by molar-refractivity contribution is -0.131. The van der Waals surface area contributed by atoms with Crippen LogP contribution in [0.3, 0.4) is 0 Å². The first-order valence-electron chi connectivity index (χ1n) is 12.5. The van der Waals surface area contributed by atoms with Crippen LogP contribution in [-0.4, -0.2) is 42.0 Å². The second-order valence-corrected chi connectivity index (χ2v) is 10.2. The Kier molecular flexibility index (Phi) is 7.56. The van der Waals surface area contributed by atoms with Gasteiger partial charge in [0.1, 0.15) is 11.6 Å². The van der Waals surface area contributed by atoms with Crippen molar-refractivity contribution in [3.8, 4) is 0 Å². The maximum atomic E-state index is 13.4. The normalized spacial score (nSPS) is 14.1. The van der Waals surface area contributed by atoms with Crippen LogP contribution in [0.25, 0.3) is 10.2 Å². The number of hydrogen-bond acceptors (Lipinski definition) is 4. The van der Waals surface area contributed by atoms with E-state index in [1.807, 2.05) is 23.1 Å². The maximum absolute atomic E-state index is 13.4. The molecule has 0 atom stereocenters. The summed E-state index contributed by atoms with van der Waals surface area (Å²) in [7, 11) is 0. The van der Waals surface area contributed by atoms with Crippen LogP contribution in [0.4, 0.5) is 13.9 Å². The Morgan fingerprint density at radius 1 is 0.833 bits per heavy atom. The van der Waals surface area contributed by atoms with Crippen LogP contribution < -0.4 is 4.90 Å². The lowest BCUT2D eigenvalue weighted by Gasteiger charge is -2.34. The summed E-state index contributed by atoms with van der Waals surface area (Å²) in [5, 5.41) is 1.02. The first kappa shape index (κ1) is 24.4. The second kappa shape index (κ2) is 11.2. The number of benzene rings is 3. The van der Waals surface area contributed by atoms with Crippen LogP contribution >= 0.6 is 11.3 Å². The highest BCUT2D eigenvalue weighted by Gasteiger charge is 2.23. The van der Waals surface area contributed by atoms with Gasteiger partial charge in [-0.05, 0) is 60.4 Å². The minimum atomic E-state index is -0.273. The van der Waals surface area contributed by atoms with E-state index in [1.54, 1.807) is 35.6 Å². The molecule has 0 bridgehead atoms. The molecule has 0 saturated carbocycles. The molecule has 1 aliphatic heterocycles. The van der Waals surface area contributed by atoms with Gasteiger partial charge in [0.15, 0.2) is 5.13 Å². The largest absolute Gasteiger partial charge is 0.345 e. The van der Waals surface area contributed by atoms with E-state index in [1.165, 1.54) is 29.0 Å². The van der Waals surface area contributed by atoms with Gasteiger partial charge < -0.3 is 9.80 Å². The molecule has 0 spiro atoms. The summed E-state index contributed by atoms with van der Waals surface area (Å²) < 4.78 is 28.1. The molecule has 1 saturated heterocycles. The summed E-state index contributed by atoms with van der Waals surface area (Å²) in [6, 6.07) is 21.2. The fourth-order valence-electron chi connectivity index (χ4n) is 4.84. The smallest absolute Gasteiger partial charge is 0.222 e. The molecule has 0 unspecified atom stereocenters. The molecule has 1 fully saturated rings. The number of fused-ring (bicyclic) bond motifs is 1. The standard InChI is InChI=1S/C29H29F2N3OS/c30-23-13-9-21(10-14-23)25(22-11-15-24(31)16-12-22)5-1-4-8-28(35)33-17-19-34(20-18-33)29-32-26-6-2-3-7-27(26)36-29/h2-3,6-7,9-16,25H,1,4-5,8,17-20H2. The number of halogens is 2. The highest BCUT2D eigenvalue weighted by atomic mass is 32.1. The van der Waals surface area contributed by atoms with Crippen molar-refractivity contribution in [3.63, 3.8) is 0 Å². The van der Waals surface area contributed by atoms with Gasteiger partial charge in [0, 0.05) is 38.5 Å². The molecule has 1 aliphatic rings. The number of carbonyl (C=O) groups is 1. The zero-order valence-corrected chi connectivity index (χ0v) is 20.9. The van der Waals surface area contributed by atoms with E-state index >= 15 is 0 Å². The van der Waals surface area contributed by atoms with E-state index < -0.39 is 0 Å². The third-order valence-electron chi connectivity index (χ3n) is 6.86. The van der Waals surface area contributed by atoms with Crippen molar-refractivity contribution in [2.75, 3.05) is 31.1 Å². The number of thiazole rings is 1. The fourth-order valence-corrected chi connectivity index (χ4v) is 5.86. The monoisotopic (exact) mass is 505 g/mol. The van der Waals surface area contributed by atoms with Crippen molar-refractivity contribution in [3.05, 3.63) is 95.6 Å². The average Bonchev–Trinajstić information content (AvgIpc) is 3.35. The second-order valence-electron chi connectivity index (χ2n) is 9.23. The van der Waals surface area contributed by atoms with E-state index in [0.29, 0.717) is 19.5 Å². The number of nitrogens with zero attached hydrogens (tertiary/aromatic N) is 3. The molecule has 5 rings (SSSR count). The van der Waals surface area contributed by atoms with Crippen LogP contribution in [0.1, 0.15) is 42.7 Å². The summed E-state index contributed by atoms with van der Waals surface area (Å²) in [4.78, 5) is 21.8. The van der Waals surface area contributed by atoms with E-state index in [9.17, 15) is 13.6 Å². The molecule has 3 aromatic carbocycles. The molecule has 4 aromatic rings. The molecule has 0 radical (unpaired) electrons. The van der Waals surface area contributed by atoms with Crippen molar-refractivity contribution in [2.45, 2.75) is 31.6 Å². The third kappa shape index (κ3) is 5.73. The van der Waals surface area contributed by atoms with E-state index in [0.717, 1.165) is 54.1 Å². The molecule has 186 valence electrons. The molecule has 36 heavy (non-hydrogen) atoms. The van der Waals surface area contributed by atoms with Crippen LogP contribution in [0.15, 0.2) is 72.8 Å². The van der Waals surface area contributed by atoms with Crippen LogP contribution in [0.5, 0.6) is 0 Å². The minimum Gasteiger partial charge on any atom is -0.345 e. The van der Waals surface area contributed by atoms with Crippen LogP contribution in [0, 0.1) is 11.6 Å². The van der Waals surface area contributed by atoms with E-state index in [-0.39, 0.29) is 23.5 Å². The van der Waals surface area contributed by atoms with Gasteiger partial charge in [-0.15, -0.1) is 0 Å². The number of hydrogen-bond donors (Lipinski definition) is 0. The summed E-state index contributed by atoms with van der Waals surface area (Å²) >= 11 is 1.70. The number of piperazine rings is 1. The summed E-state index contributed by atoms with van der Waals surface area (Å²) in [6.45, 7) is 3.01. The van der Waals surface area contributed by atoms with Crippen molar-refractivity contribution in [2.24, 2.45) is 0 Å². The predicted molar refractivity (Wildman–Crippen MR) is 142 cm³/mol. The number of carbonyl (C=O) groups excluding carboxylic acids is 1. The Labute approximate surface area is 214 Å². The maximum Gasteiger partial charge on any atom is 0.222 e. The van der Waals surface area contributed by atoms with Crippen molar-refractivity contribution >= 4 is 32.6 Å². The predicted octanol–water partition coefficient (Wildman–Crippen LogP) is 6.62. The summed E-state index contributed by atoms with van der Waals surface area (Å²) in [6.07, 6.45) is 2.98. The number of amides is 1. The SMILES string of the molecule is O=C(CCCCC(c1ccc(F)cc1)c1ccc(F)cc1)N1CCN(c2nc3ccccc3s2)CC1. The summed E-state index contributed by atoms with van der Waals surface area (Å²) in [5.74, 6) is -0.311. The first-order valence-corrected chi connectivity index (χ1v) is 13.3. The lowest BCUT2D eigenvalue weighted by atomic mass is 9.87. The lowest BCUT2D eigenvalue weighted by Crippen LogP contribution is -2.48. The molecule has 0 aliphatic carbocycles. The fraction of sp³-hybridized carbons (Fsp3) is 0.310. The van der Waals surface area contributed by atoms with E-state index in [2.05, 4.69) is 11.0 Å². The van der Waals surface area contributed by atoms with Crippen LogP contribution in [0.2, 0.25) is 0 Å². The van der Waals surface area contributed by atoms with Gasteiger partial charge >= 0.3 is 0 Å². The van der Waals surface area contributed by atoms with E-state index in [4.69, 9.17) is 4.98 Å². The Balaban J connectivity index is 1.12. The molecule has 4 nitrogen and oxygen atoms in total. The molecular formula is C29H29F2N3OS. The molecule has 0 N–H and O–H groups in total. The van der Waals surface area contributed by atoms with Crippen molar-refractivity contribution < 1.29 is 13.6 Å². The van der Waals surface area contributed by atoms with Gasteiger partial charge in [-0.3, -0.25) is 4.79 Å². The van der Waals surface area contributed by atoms with Gasteiger partial charge in [-0.1, -0.05) is 54.2 Å². The average molecular weight is 506 g/mol. The number of aromatic nitrogens is 1. The first-order chi connectivity index (χ1) is 17.6. The Bertz CT molecular complexity index is 1220. The Hall–Kier alpha value is -3.32. The molecule has 1 amide bonds. The number of para-hydroxylation sites is 1. The quantitative estimate of drug-likeness (QED) is 0.253. The van der Waals surface area contributed by atoms with Crippen LogP contribution in [-0.2, 0) is 4.79 Å². The van der Waals surface area contributed by atoms with Crippen molar-refractivity contribution in [1.29, 1.82) is 0 Å². The Morgan fingerprint density at radius 2 is 1.44 bits per heavy atom.